The van der Waals surface area contributed by atoms with E-state index in [0.717, 1.165) is 19.3 Å². The lowest BCUT2D eigenvalue weighted by Crippen LogP contribution is -2.60. The number of piperazine rings is 1. The highest BCUT2D eigenvalue weighted by atomic mass is 32.2. The van der Waals surface area contributed by atoms with Gasteiger partial charge in [0.1, 0.15) is 6.04 Å². The van der Waals surface area contributed by atoms with Crippen molar-refractivity contribution < 1.29 is 9.59 Å². The zero-order valence-electron chi connectivity index (χ0n) is 10.4. The maximum Gasteiger partial charge on any atom is 0.243 e. The van der Waals surface area contributed by atoms with E-state index in [2.05, 4.69) is 11.6 Å². The first-order valence-electron chi connectivity index (χ1n) is 6.29. The quantitative estimate of drug-likeness (QED) is 0.820. The van der Waals surface area contributed by atoms with E-state index < -0.39 is 0 Å². The van der Waals surface area contributed by atoms with Crippen LogP contribution >= 0.6 is 11.8 Å². The number of rotatable bonds is 3. The van der Waals surface area contributed by atoms with Gasteiger partial charge in [-0.15, -0.1) is 0 Å². The van der Waals surface area contributed by atoms with Gasteiger partial charge in [-0.05, 0) is 31.9 Å². The minimum absolute atomic E-state index is 0.0136. The molecule has 1 N–H and O–H groups in total. The predicted molar refractivity (Wildman–Crippen MR) is 68.9 cm³/mol. The molecule has 0 radical (unpaired) electrons. The van der Waals surface area contributed by atoms with Gasteiger partial charge in [0, 0.05) is 11.3 Å². The van der Waals surface area contributed by atoms with Crippen LogP contribution in [0, 0.1) is 0 Å². The molecule has 2 fully saturated rings. The molecular weight excluding hydrogens is 236 g/mol. The Morgan fingerprint density at radius 3 is 2.76 bits per heavy atom. The Morgan fingerprint density at radius 1 is 1.41 bits per heavy atom. The lowest BCUT2D eigenvalue weighted by Gasteiger charge is -2.38. The zero-order chi connectivity index (χ0) is 12.4. The Bertz CT molecular complexity index is 322. The van der Waals surface area contributed by atoms with Crippen LogP contribution in [0.2, 0.25) is 0 Å². The van der Waals surface area contributed by atoms with Gasteiger partial charge in [0.25, 0.3) is 0 Å². The third-order valence-electron chi connectivity index (χ3n) is 3.81. The van der Waals surface area contributed by atoms with Crippen LogP contribution in [0.15, 0.2) is 0 Å². The Morgan fingerprint density at radius 2 is 2.18 bits per heavy atom. The summed E-state index contributed by atoms with van der Waals surface area (Å²) in [6, 6.07) is 0.0257. The monoisotopic (exact) mass is 256 g/mol. The fraction of sp³-hybridized carbons (Fsp3) is 0.833. The van der Waals surface area contributed by atoms with Crippen molar-refractivity contribution in [2.75, 3.05) is 12.8 Å². The van der Waals surface area contributed by atoms with Crippen LogP contribution in [0.1, 0.15) is 32.6 Å². The lowest BCUT2D eigenvalue weighted by atomic mass is 10.0. The molecule has 1 aliphatic heterocycles. The highest BCUT2D eigenvalue weighted by molar-refractivity contribution is 7.99. The second-order valence-electron chi connectivity index (χ2n) is 4.77. The van der Waals surface area contributed by atoms with Crippen molar-refractivity contribution in [3.8, 4) is 0 Å². The van der Waals surface area contributed by atoms with Gasteiger partial charge in [-0.2, -0.15) is 11.8 Å². The van der Waals surface area contributed by atoms with Crippen LogP contribution in [-0.2, 0) is 9.59 Å². The van der Waals surface area contributed by atoms with Crippen LogP contribution in [0.4, 0.5) is 0 Å². The second-order valence-corrected chi connectivity index (χ2v) is 5.91. The molecule has 0 aromatic rings. The molecule has 2 aliphatic rings. The topological polar surface area (TPSA) is 49.4 Å². The Labute approximate surface area is 106 Å². The minimum atomic E-state index is -0.248. The second kappa shape index (κ2) is 5.29. The van der Waals surface area contributed by atoms with Crippen LogP contribution in [0.3, 0.4) is 0 Å². The Kier molecular flexibility index (Phi) is 3.97. The third kappa shape index (κ3) is 2.44. The van der Waals surface area contributed by atoms with Crippen molar-refractivity contribution in [1.29, 1.82) is 0 Å². The number of nitrogens with zero attached hydrogens (tertiary/aromatic N) is 1. The fourth-order valence-corrected chi connectivity index (χ4v) is 3.68. The molecule has 0 spiro atoms. The summed E-state index contributed by atoms with van der Waals surface area (Å²) in [7, 11) is 0. The molecule has 1 heterocycles. The summed E-state index contributed by atoms with van der Waals surface area (Å²) in [5, 5.41) is 3.32. The summed E-state index contributed by atoms with van der Waals surface area (Å²) in [4.78, 5) is 25.6. The minimum Gasteiger partial charge on any atom is -0.345 e. The molecular formula is C12H20N2O2S. The first kappa shape index (κ1) is 12.7. The van der Waals surface area contributed by atoms with Gasteiger partial charge in [0.2, 0.25) is 11.8 Å². The van der Waals surface area contributed by atoms with E-state index in [0.29, 0.717) is 11.7 Å². The maximum absolute atomic E-state index is 12.0. The molecule has 17 heavy (non-hydrogen) atoms. The summed E-state index contributed by atoms with van der Waals surface area (Å²) in [6.07, 6.45) is 6.07. The van der Waals surface area contributed by atoms with E-state index in [1.165, 1.54) is 0 Å². The van der Waals surface area contributed by atoms with Crippen molar-refractivity contribution >= 4 is 23.6 Å². The van der Waals surface area contributed by atoms with Crippen LogP contribution < -0.4 is 5.32 Å². The van der Waals surface area contributed by atoms with Gasteiger partial charge in [0.15, 0.2) is 0 Å². The van der Waals surface area contributed by atoms with Crippen LogP contribution in [0.5, 0.6) is 0 Å². The Hall–Kier alpha value is -0.710. The number of hydrogen-bond acceptors (Lipinski definition) is 3. The number of amides is 2. The summed E-state index contributed by atoms with van der Waals surface area (Å²) in [5.74, 6) is 0.0999. The first-order chi connectivity index (χ1) is 8.17. The van der Waals surface area contributed by atoms with E-state index in [9.17, 15) is 9.59 Å². The molecule has 5 heteroatoms. The fourth-order valence-electron chi connectivity index (χ4n) is 2.90. The normalized spacial score (nSPS) is 34.0. The number of carbonyl (C=O) groups is 2. The molecule has 1 saturated carbocycles. The van der Waals surface area contributed by atoms with Crippen molar-refractivity contribution in [1.82, 2.24) is 10.2 Å². The molecule has 96 valence electrons. The smallest absolute Gasteiger partial charge is 0.243 e. The summed E-state index contributed by atoms with van der Waals surface area (Å²) < 4.78 is 0. The van der Waals surface area contributed by atoms with E-state index in [4.69, 9.17) is 0 Å². The first-order valence-corrected chi connectivity index (χ1v) is 7.57. The molecule has 1 aliphatic carbocycles. The van der Waals surface area contributed by atoms with Gasteiger partial charge in [-0.1, -0.05) is 6.92 Å². The highest BCUT2D eigenvalue weighted by Gasteiger charge is 2.40. The van der Waals surface area contributed by atoms with E-state index in [1.807, 2.05) is 23.6 Å². The molecule has 2 amide bonds. The number of hydrogen-bond donors (Lipinski definition) is 1. The van der Waals surface area contributed by atoms with Gasteiger partial charge >= 0.3 is 0 Å². The maximum atomic E-state index is 12.0. The number of nitrogens with one attached hydrogen (secondary N) is 1. The van der Waals surface area contributed by atoms with Gasteiger partial charge in [-0.25, -0.2) is 0 Å². The number of carbonyl (C=O) groups excluding carboxylic acids is 2. The van der Waals surface area contributed by atoms with Crippen LogP contribution in [-0.4, -0.2) is 46.8 Å². The standard InChI is InChI=1S/C12H20N2O2S/c1-3-10-12(16)13-7-11(15)14(10)8-4-5-9(6-8)17-2/h8-10H,3-7H2,1-2H3,(H,13,16). The van der Waals surface area contributed by atoms with Gasteiger partial charge in [-0.3, -0.25) is 9.59 Å². The zero-order valence-corrected chi connectivity index (χ0v) is 11.3. The van der Waals surface area contributed by atoms with E-state index in [1.54, 1.807) is 0 Å². The molecule has 1 saturated heterocycles. The van der Waals surface area contributed by atoms with Gasteiger partial charge < -0.3 is 10.2 Å². The molecule has 4 nitrogen and oxygen atoms in total. The molecule has 3 unspecified atom stereocenters. The van der Waals surface area contributed by atoms with Crippen molar-refractivity contribution in [3.05, 3.63) is 0 Å². The number of thioether (sulfide) groups is 1. The molecule has 2 rings (SSSR count). The summed E-state index contributed by atoms with van der Waals surface area (Å²) >= 11 is 1.87. The SMILES string of the molecule is CCC1C(=O)NCC(=O)N1C1CCC(SC)C1. The molecule has 0 aromatic carbocycles. The van der Waals surface area contributed by atoms with E-state index in [-0.39, 0.29) is 30.4 Å². The average molecular weight is 256 g/mol. The van der Waals surface area contributed by atoms with Crippen molar-refractivity contribution in [2.45, 2.75) is 49.9 Å². The van der Waals surface area contributed by atoms with Crippen molar-refractivity contribution in [2.24, 2.45) is 0 Å². The van der Waals surface area contributed by atoms with Crippen LogP contribution in [0.25, 0.3) is 0 Å². The highest BCUT2D eigenvalue weighted by Crippen LogP contribution is 2.33. The molecule has 3 atom stereocenters. The van der Waals surface area contributed by atoms with E-state index >= 15 is 0 Å². The average Bonchev–Trinajstić information content (AvgIpc) is 2.80. The Balaban J connectivity index is 2.10. The summed E-state index contributed by atoms with van der Waals surface area (Å²) in [6.45, 7) is 2.15. The summed E-state index contributed by atoms with van der Waals surface area (Å²) in [5.41, 5.74) is 0. The largest absolute Gasteiger partial charge is 0.345 e. The third-order valence-corrected chi connectivity index (χ3v) is 4.91. The predicted octanol–water partition coefficient (Wildman–Crippen LogP) is 1.01. The molecule has 0 bridgehead atoms. The molecule has 0 aromatic heterocycles. The van der Waals surface area contributed by atoms with Gasteiger partial charge in [0.05, 0.1) is 6.54 Å². The van der Waals surface area contributed by atoms with Crippen molar-refractivity contribution in [3.63, 3.8) is 0 Å². The lowest BCUT2D eigenvalue weighted by molar-refractivity contribution is -0.148.